The predicted molar refractivity (Wildman–Crippen MR) is 194 cm³/mol. The lowest BCUT2D eigenvalue weighted by molar-refractivity contribution is -0.116. The minimum atomic E-state index is -1.96. The fourth-order valence-corrected chi connectivity index (χ4v) is 6.42. The maximum atomic E-state index is 13.0. The van der Waals surface area contributed by atoms with Gasteiger partial charge in [-0.3, -0.25) is 10.1 Å². The lowest BCUT2D eigenvalue weighted by Gasteiger charge is -2.36. The molecular weight excluding hydrogens is 630 g/mol. The Bertz CT molecular complexity index is 1520. The minimum Gasteiger partial charge on any atom is -0.496 e. The molecule has 3 aromatic rings. The number of anilines is 2. The van der Waals surface area contributed by atoms with E-state index in [1.165, 1.54) is 0 Å². The number of rotatable bonds is 12. The van der Waals surface area contributed by atoms with Crippen LogP contribution in [-0.4, -0.2) is 58.6 Å². The quantitative estimate of drug-likeness (QED) is 0.186. The van der Waals surface area contributed by atoms with Gasteiger partial charge in [-0.25, -0.2) is 4.79 Å². The number of likely N-dealkylation sites (tertiary alicyclic amines) is 1. The summed E-state index contributed by atoms with van der Waals surface area (Å²) in [5.41, 5.74) is 5.02. The third-order valence-electron chi connectivity index (χ3n) is 9.25. The Hall–Kier alpha value is -3.37. The van der Waals surface area contributed by atoms with Crippen LogP contribution in [0.3, 0.4) is 0 Å². The molecule has 1 fully saturated rings. The molecule has 10 heteroatoms. The highest BCUT2D eigenvalue weighted by atomic mass is 35.5. The summed E-state index contributed by atoms with van der Waals surface area (Å²) in [6, 6.07) is 19.5. The Morgan fingerprint density at radius 1 is 0.979 bits per heavy atom. The number of carbonyl (C=O) groups excluding carboxylic acids is 2. The van der Waals surface area contributed by atoms with Crippen molar-refractivity contribution in [3.63, 3.8) is 0 Å². The van der Waals surface area contributed by atoms with Crippen LogP contribution in [0.25, 0.3) is 11.1 Å². The smallest absolute Gasteiger partial charge is 0.411 e. The third kappa shape index (κ3) is 10.3. The SMILES string of the molecule is COc1cc(NC(=O)CCCc2ccc(NC(=O)OC3CCN(C)CC3)c(-c3ccccc3)c2)c(Cl)cc1CO[Si](C)(C)C(C)(C)C. The first-order valence-corrected chi connectivity index (χ1v) is 19.7. The zero-order chi connectivity index (χ0) is 34.2. The van der Waals surface area contributed by atoms with Gasteiger partial charge in [0.25, 0.3) is 0 Å². The van der Waals surface area contributed by atoms with Crippen LogP contribution in [-0.2, 0) is 27.0 Å². The molecule has 0 atom stereocenters. The fraction of sp³-hybridized carbons (Fsp3) is 0.459. The summed E-state index contributed by atoms with van der Waals surface area (Å²) in [5.74, 6) is 0.498. The molecule has 0 spiro atoms. The van der Waals surface area contributed by atoms with E-state index in [2.05, 4.69) is 62.5 Å². The molecule has 0 radical (unpaired) electrons. The van der Waals surface area contributed by atoms with Crippen molar-refractivity contribution in [1.29, 1.82) is 0 Å². The highest BCUT2D eigenvalue weighted by molar-refractivity contribution is 6.74. The van der Waals surface area contributed by atoms with Gasteiger partial charge < -0.3 is 24.1 Å². The van der Waals surface area contributed by atoms with E-state index in [0.29, 0.717) is 48.0 Å². The van der Waals surface area contributed by atoms with Gasteiger partial charge in [-0.05, 0) is 80.2 Å². The molecule has 0 aromatic heterocycles. The number of aryl methyl sites for hydroxylation is 1. The Kier molecular flexibility index (Phi) is 12.5. The second-order valence-electron chi connectivity index (χ2n) is 13.9. The summed E-state index contributed by atoms with van der Waals surface area (Å²) in [5, 5.41) is 6.45. The number of benzene rings is 3. The molecular formula is C37H50ClN3O5Si. The molecule has 0 saturated carbocycles. The van der Waals surface area contributed by atoms with Crippen molar-refractivity contribution < 1.29 is 23.5 Å². The molecule has 0 aliphatic carbocycles. The zero-order valence-electron chi connectivity index (χ0n) is 28.9. The third-order valence-corrected chi connectivity index (χ3v) is 14.0. The van der Waals surface area contributed by atoms with Gasteiger partial charge in [0.1, 0.15) is 11.9 Å². The maximum Gasteiger partial charge on any atom is 0.411 e. The molecule has 1 heterocycles. The number of carbonyl (C=O) groups is 2. The molecule has 254 valence electrons. The lowest BCUT2D eigenvalue weighted by atomic mass is 9.98. The van der Waals surface area contributed by atoms with Gasteiger partial charge in [-0.15, -0.1) is 0 Å². The van der Waals surface area contributed by atoms with Crippen LogP contribution >= 0.6 is 11.6 Å². The molecule has 3 aromatic carbocycles. The van der Waals surface area contributed by atoms with Crippen molar-refractivity contribution in [2.75, 3.05) is 37.9 Å². The monoisotopic (exact) mass is 679 g/mol. The average Bonchev–Trinajstić information content (AvgIpc) is 3.02. The molecule has 2 N–H and O–H groups in total. The van der Waals surface area contributed by atoms with Gasteiger partial charge >= 0.3 is 6.09 Å². The minimum absolute atomic E-state index is 0.0768. The number of amides is 2. The van der Waals surface area contributed by atoms with Gasteiger partial charge in [0.2, 0.25) is 5.91 Å². The molecule has 1 aliphatic rings. The van der Waals surface area contributed by atoms with E-state index in [4.69, 9.17) is 25.5 Å². The van der Waals surface area contributed by atoms with E-state index >= 15 is 0 Å². The summed E-state index contributed by atoms with van der Waals surface area (Å²) >= 11 is 6.60. The number of methoxy groups -OCH3 is 1. The van der Waals surface area contributed by atoms with Crippen LogP contribution in [0.2, 0.25) is 23.2 Å². The molecule has 8 nitrogen and oxygen atoms in total. The summed E-state index contributed by atoms with van der Waals surface area (Å²) in [7, 11) is 1.72. The van der Waals surface area contributed by atoms with Crippen LogP contribution in [0.4, 0.5) is 16.2 Å². The van der Waals surface area contributed by atoms with Crippen molar-refractivity contribution in [3.8, 4) is 16.9 Å². The Labute approximate surface area is 286 Å². The van der Waals surface area contributed by atoms with E-state index in [1.807, 2.05) is 48.5 Å². The molecule has 1 saturated heterocycles. The Morgan fingerprint density at radius 2 is 1.68 bits per heavy atom. The number of hydrogen-bond donors (Lipinski definition) is 2. The van der Waals surface area contributed by atoms with Crippen LogP contribution in [0.1, 0.15) is 57.6 Å². The van der Waals surface area contributed by atoms with Crippen molar-refractivity contribution >= 4 is 43.3 Å². The highest BCUT2D eigenvalue weighted by Crippen LogP contribution is 2.39. The van der Waals surface area contributed by atoms with Gasteiger partial charge in [0.15, 0.2) is 8.32 Å². The van der Waals surface area contributed by atoms with Gasteiger partial charge in [-0.2, -0.15) is 0 Å². The second kappa shape index (κ2) is 16.2. The number of halogens is 1. The van der Waals surface area contributed by atoms with Crippen molar-refractivity contribution in [2.24, 2.45) is 0 Å². The van der Waals surface area contributed by atoms with E-state index in [1.54, 1.807) is 13.2 Å². The first-order chi connectivity index (χ1) is 22.3. The maximum absolute atomic E-state index is 13.0. The number of nitrogens with zero attached hydrogens (tertiary/aromatic N) is 1. The van der Waals surface area contributed by atoms with Gasteiger partial charge in [-0.1, -0.05) is 68.8 Å². The van der Waals surface area contributed by atoms with Crippen LogP contribution < -0.4 is 15.4 Å². The number of ether oxygens (including phenoxy) is 2. The predicted octanol–water partition coefficient (Wildman–Crippen LogP) is 9.14. The number of piperidine rings is 1. The standard InChI is InChI=1S/C37H50ClN3O5Si/c1-37(2,3)47(6,7)45-25-28-23-31(38)33(24-34(28)44-5)39-35(42)15-11-12-26-16-17-32(30(22-26)27-13-9-8-10-14-27)40-36(43)46-29-18-20-41(4)21-19-29/h8-10,13-14,16-17,22-24,29H,11-12,15,18-21,25H2,1-7H3,(H,39,42)(H,40,43). The van der Waals surface area contributed by atoms with Crippen molar-refractivity contribution in [1.82, 2.24) is 4.90 Å². The number of nitrogens with one attached hydrogen (secondary N) is 2. The summed E-state index contributed by atoms with van der Waals surface area (Å²) in [4.78, 5) is 28.0. The van der Waals surface area contributed by atoms with E-state index in [-0.39, 0.29) is 17.0 Å². The number of hydrogen-bond acceptors (Lipinski definition) is 6. The van der Waals surface area contributed by atoms with Gasteiger partial charge in [0.05, 0.1) is 30.1 Å². The topological polar surface area (TPSA) is 89.1 Å². The van der Waals surface area contributed by atoms with Crippen molar-refractivity contribution in [3.05, 3.63) is 76.8 Å². The molecule has 0 bridgehead atoms. The summed E-state index contributed by atoms with van der Waals surface area (Å²) in [6.07, 6.45) is 2.80. The molecule has 47 heavy (non-hydrogen) atoms. The Balaban J connectivity index is 1.36. The second-order valence-corrected chi connectivity index (χ2v) is 19.1. The first-order valence-electron chi connectivity index (χ1n) is 16.4. The van der Waals surface area contributed by atoms with E-state index < -0.39 is 14.4 Å². The molecule has 4 rings (SSSR count). The average molecular weight is 680 g/mol. The van der Waals surface area contributed by atoms with Crippen LogP contribution in [0.5, 0.6) is 5.75 Å². The van der Waals surface area contributed by atoms with Crippen molar-refractivity contribution in [2.45, 2.75) is 83.7 Å². The highest BCUT2D eigenvalue weighted by Gasteiger charge is 2.37. The summed E-state index contributed by atoms with van der Waals surface area (Å²) in [6.45, 7) is 13.2. The zero-order valence-corrected chi connectivity index (χ0v) is 30.6. The fourth-order valence-electron chi connectivity index (χ4n) is 5.24. The van der Waals surface area contributed by atoms with Crippen LogP contribution in [0, 0.1) is 0 Å². The van der Waals surface area contributed by atoms with E-state index in [9.17, 15) is 9.59 Å². The first kappa shape index (κ1) is 36.5. The molecule has 1 aliphatic heterocycles. The summed E-state index contributed by atoms with van der Waals surface area (Å²) < 4.78 is 17.7. The molecule has 0 unspecified atom stereocenters. The van der Waals surface area contributed by atoms with Crippen LogP contribution in [0.15, 0.2) is 60.7 Å². The van der Waals surface area contributed by atoms with Gasteiger partial charge in [0, 0.05) is 36.7 Å². The normalized spacial score (nSPS) is 14.5. The van der Waals surface area contributed by atoms with E-state index in [0.717, 1.165) is 48.2 Å². The largest absolute Gasteiger partial charge is 0.496 e. The lowest BCUT2D eigenvalue weighted by Crippen LogP contribution is -2.40. The Morgan fingerprint density at radius 3 is 2.34 bits per heavy atom. The molecule has 2 amide bonds.